The lowest BCUT2D eigenvalue weighted by Crippen LogP contribution is -2.43. The number of anilines is 1. The number of aliphatic hydroxyl groups is 2. The predicted molar refractivity (Wildman–Crippen MR) is 122 cm³/mol. The molecule has 5 N–H and O–H groups in total. The first-order valence-corrected chi connectivity index (χ1v) is 13.1. The van der Waals surface area contributed by atoms with Gasteiger partial charge in [0.25, 0.3) is 0 Å². The number of hydrogen-bond donors (Lipinski definition) is 5. The minimum Gasteiger partial charge on any atom is -0.393 e. The van der Waals surface area contributed by atoms with Crippen LogP contribution in [0.3, 0.4) is 0 Å². The van der Waals surface area contributed by atoms with Crippen LogP contribution in [-0.4, -0.2) is 85.1 Å². The molecule has 2 aromatic heterocycles. The number of nitrogens with zero attached hydrogens (tertiary/aromatic N) is 3. The molecule has 14 heteroatoms. The summed E-state index contributed by atoms with van der Waals surface area (Å²) in [4.78, 5) is 23.7. The van der Waals surface area contributed by atoms with Crippen molar-refractivity contribution in [2.45, 2.75) is 61.8 Å². The number of halogens is 1. The van der Waals surface area contributed by atoms with E-state index in [0.29, 0.717) is 23.1 Å². The highest BCUT2D eigenvalue weighted by molar-refractivity contribution is 7.53. The molecule has 1 aliphatic heterocycles. The molecule has 1 saturated heterocycles. The minimum atomic E-state index is -4.87. The Labute approximate surface area is 201 Å². The molecule has 3 heterocycles. The Hall–Kier alpha value is -1.34. The van der Waals surface area contributed by atoms with Crippen LogP contribution >= 0.6 is 19.2 Å². The normalized spacial score (nSPS) is 25.8. The van der Waals surface area contributed by atoms with Crippen LogP contribution in [0.1, 0.15) is 43.9 Å². The zero-order valence-electron chi connectivity index (χ0n) is 18.7. The summed E-state index contributed by atoms with van der Waals surface area (Å²) >= 11 is 6.18. The fourth-order valence-corrected chi connectivity index (χ4v) is 5.45. The number of hydrogen-bond acceptors (Lipinski definition) is 9. The molecule has 1 saturated carbocycles. The number of methoxy groups -OCH3 is 1. The van der Waals surface area contributed by atoms with E-state index in [9.17, 15) is 24.6 Å². The molecule has 0 spiro atoms. The summed E-state index contributed by atoms with van der Waals surface area (Å²) in [5, 5.41) is 25.9. The molecule has 0 aromatic carbocycles. The molecule has 4 atom stereocenters. The second-order valence-corrected chi connectivity index (χ2v) is 11.0. The molecule has 4 rings (SSSR count). The standard InChI is InChI=1S/C20H30ClN4O8P/c1-31-11-20(10-26,34(28,29)30)32-9-13-8-16(27)17(33-13)14-6-7-15-18(22-12-4-2-3-5-12)23-19(21)24-25(14)15/h6-7,12-13,16-17,26-27H,2-5,8-11H2,1H3,(H,22,23,24)(H2,28,29,30)/t13-,16+,17-,20+/m0/s1. The van der Waals surface area contributed by atoms with Gasteiger partial charge in [0.15, 0.2) is 5.82 Å². The first-order valence-electron chi connectivity index (χ1n) is 11.1. The number of ether oxygens (including phenoxy) is 3. The Balaban J connectivity index is 1.51. The molecule has 190 valence electrons. The van der Waals surface area contributed by atoms with Gasteiger partial charge in [0.1, 0.15) is 11.6 Å². The van der Waals surface area contributed by atoms with E-state index in [4.69, 9.17) is 25.8 Å². The second kappa shape index (κ2) is 10.3. The fourth-order valence-electron chi connectivity index (χ4n) is 4.56. The number of fused-ring (bicyclic) bond motifs is 1. The van der Waals surface area contributed by atoms with Gasteiger partial charge in [-0.1, -0.05) is 12.8 Å². The Morgan fingerprint density at radius 3 is 2.74 bits per heavy atom. The summed E-state index contributed by atoms with van der Waals surface area (Å²) in [7, 11) is -3.63. The van der Waals surface area contributed by atoms with E-state index in [1.165, 1.54) is 7.11 Å². The van der Waals surface area contributed by atoms with Crippen molar-refractivity contribution in [3.63, 3.8) is 0 Å². The van der Waals surface area contributed by atoms with E-state index in [1.54, 1.807) is 10.6 Å². The highest BCUT2D eigenvalue weighted by atomic mass is 35.5. The third kappa shape index (κ3) is 5.11. The van der Waals surface area contributed by atoms with Crippen molar-refractivity contribution in [2.75, 3.05) is 32.2 Å². The van der Waals surface area contributed by atoms with E-state index in [0.717, 1.165) is 25.7 Å². The third-order valence-electron chi connectivity index (χ3n) is 6.38. The average Bonchev–Trinajstić information content (AvgIpc) is 3.50. The largest absolute Gasteiger partial charge is 0.393 e. The number of aliphatic hydroxyl groups excluding tert-OH is 2. The van der Waals surface area contributed by atoms with Crippen LogP contribution in [0.4, 0.5) is 5.82 Å². The molecule has 0 radical (unpaired) electrons. The van der Waals surface area contributed by atoms with Crippen LogP contribution in [0.15, 0.2) is 12.1 Å². The summed E-state index contributed by atoms with van der Waals surface area (Å²) in [5.74, 6) is 0.611. The average molecular weight is 521 g/mol. The van der Waals surface area contributed by atoms with Gasteiger partial charge >= 0.3 is 7.60 Å². The quantitative estimate of drug-likeness (QED) is 0.287. The van der Waals surface area contributed by atoms with Gasteiger partial charge in [-0.3, -0.25) is 4.57 Å². The van der Waals surface area contributed by atoms with E-state index in [-0.39, 0.29) is 18.3 Å². The topological polar surface area (TPSA) is 168 Å². The lowest BCUT2D eigenvalue weighted by Gasteiger charge is -2.32. The molecule has 12 nitrogen and oxygen atoms in total. The summed E-state index contributed by atoms with van der Waals surface area (Å²) < 4.78 is 29.8. The van der Waals surface area contributed by atoms with Crippen LogP contribution in [0.5, 0.6) is 0 Å². The van der Waals surface area contributed by atoms with Crippen molar-refractivity contribution in [3.05, 3.63) is 23.1 Å². The van der Waals surface area contributed by atoms with Gasteiger partial charge in [-0.2, -0.15) is 4.98 Å². The lowest BCUT2D eigenvalue weighted by molar-refractivity contribution is -0.109. The number of aromatic nitrogens is 3. The fraction of sp³-hybridized carbons (Fsp3) is 0.700. The third-order valence-corrected chi connectivity index (χ3v) is 8.00. The van der Waals surface area contributed by atoms with Crippen molar-refractivity contribution < 1.29 is 38.8 Å². The van der Waals surface area contributed by atoms with Crippen LogP contribution in [0, 0.1) is 0 Å². The van der Waals surface area contributed by atoms with Crippen molar-refractivity contribution in [1.29, 1.82) is 0 Å². The summed E-state index contributed by atoms with van der Waals surface area (Å²) in [6, 6.07) is 3.91. The summed E-state index contributed by atoms with van der Waals surface area (Å²) in [6.07, 6.45) is 2.20. The summed E-state index contributed by atoms with van der Waals surface area (Å²) in [5.41, 5.74) is 1.26. The molecule has 2 aliphatic rings. The number of rotatable bonds is 10. The molecule has 0 amide bonds. The maximum absolute atomic E-state index is 11.9. The maximum Gasteiger partial charge on any atom is 0.361 e. The first-order chi connectivity index (χ1) is 16.2. The van der Waals surface area contributed by atoms with Gasteiger partial charge in [-0.25, -0.2) is 4.52 Å². The zero-order chi connectivity index (χ0) is 24.5. The highest BCUT2D eigenvalue weighted by Crippen LogP contribution is 2.51. The molecule has 2 fully saturated rings. The van der Waals surface area contributed by atoms with Crippen molar-refractivity contribution in [2.24, 2.45) is 0 Å². The second-order valence-electron chi connectivity index (χ2n) is 8.78. The number of nitrogens with one attached hydrogen (secondary N) is 1. The van der Waals surface area contributed by atoms with Crippen molar-refractivity contribution >= 4 is 30.5 Å². The maximum atomic E-state index is 11.9. The van der Waals surface area contributed by atoms with Crippen LogP contribution < -0.4 is 5.32 Å². The predicted octanol–water partition coefficient (Wildman–Crippen LogP) is 1.46. The van der Waals surface area contributed by atoms with Gasteiger partial charge in [0.05, 0.1) is 37.7 Å². The molecule has 0 bridgehead atoms. The Morgan fingerprint density at radius 2 is 2.09 bits per heavy atom. The smallest absolute Gasteiger partial charge is 0.361 e. The van der Waals surface area contributed by atoms with Gasteiger partial charge in [0.2, 0.25) is 10.6 Å². The minimum absolute atomic E-state index is 0.0479. The molecule has 2 aromatic rings. The Bertz CT molecular complexity index is 1040. The van der Waals surface area contributed by atoms with Crippen molar-refractivity contribution in [1.82, 2.24) is 14.6 Å². The van der Waals surface area contributed by atoms with Crippen LogP contribution in [0.25, 0.3) is 5.52 Å². The van der Waals surface area contributed by atoms with Crippen molar-refractivity contribution in [3.8, 4) is 0 Å². The van der Waals surface area contributed by atoms with E-state index >= 15 is 0 Å². The van der Waals surface area contributed by atoms with Crippen LogP contribution in [0.2, 0.25) is 5.28 Å². The lowest BCUT2D eigenvalue weighted by atomic mass is 10.1. The monoisotopic (exact) mass is 520 g/mol. The highest BCUT2D eigenvalue weighted by Gasteiger charge is 2.49. The molecule has 0 unspecified atom stereocenters. The van der Waals surface area contributed by atoms with Gasteiger partial charge in [-0.15, -0.1) is 5.10 Å². The van der Waals surface area contributed by atoms with E-state index < -0.39 is 44.5 Å². The molecule has 1 aliphatic carbocycles. The van der Waals surface area contributed by atoms with Gasteiger partial charge in [-0.05, 0) is 36.6 Å². The van der Waals surface area contributed by atoms with E-state index in [2.05, 4.69) is 15.4 Å². The van der Waals surface area contributed by atoms with Crippen LogP contribution in [-0.2, 0) is 18.8 Å². The Kier molecular flexibility index (Phi) is 7.83. The SMILES string of the molecule is COC[C@](CO)(OC[C@@H]1C[C@@H](O)[C@H](c2ccc3c(NC4CCCC4)nc(Cl)nn23)O1)P(=O)(O)O. The van der Waals surface area contributed by atoms with Gasteiger partial charge in [0, 0.05) is 19.6 Å². The van der Waals surface area contributed by atoms with E-state index in [1.807, 2.05) is 6.07 Å². The van der Waals surface area contributed by atoms with Gasteiger partial charge < -0.3 is 39.5 Å². The first kappa shape index (κ1) is 25.7. The molecular weight excluding hydrogens is 491 g/mol. The summed E-state index contributed by atoms with van der Waals surface area (Å²) in [6.45, 7) is -1.72. The molecular formula is C20H30ClN4O8P. The molecule has 34 heavy (non-hydrogen) atoms. The Morgan fingerprint density at radius 1 is 1.35 bits per heavy atom. The zero-order valence-corrected chi connectivity index (χ0v) is 20.4.